The minimum Gasteiger partial charge on any atom is -0.492 e. The molecule has 0 unspecified atom stereocenters. The van der Waals surface area contributed by atoms with E-state index in [2.05, 4.69) is 22.9 Å². The lowest BCUT2D eigenvalue weighted by Gasteiger charge is -2.33. The molecule has 192 valence electrons. The number of carbonyl (C=O) groups is 3. The number of para-hydroxylation sites is 1. The van der Waals surface area contributed by atoms with Gasteiger partial charge >= 0.3 is 0 Å². The Kier molecular flexibility index (Phi) is 7.71. The molecular weight excluding hydrogens is 554 g/mol. The molecule has 2 saturated heterocycles. The molecule has 0 N–H and O–H groups in total. The Hall–Kier alpha value is -3.04. The van der Waals surface area contributed by atoms with Crippen LogP contribution < -0.4 is 4.74 Å². The van der Waals surface area contributed by atoms with Crippen molar-refractivity contribution in [1.29, 1.82) is 0 Å². The Morgan fingerprint density at radius 3 is 2.76 bits per heavy atom. The third-order valence-corrected chi connectivity index (χ3v) is 8.19. The first-order chi connectivity index (χ1) is 17.9. The summed E-state index contributed by atoms with van der Waals surface area (Å²) in [5, 5.41) is 0.597. The average molecular weight is 583 g/mol. The number of ether oxygens (including phenoxy) is 1. The molecule has 5 rings (SSSR count). The SMILES string of the molecule is C[C@H]1CCCCN1C(=O)Cn1cc(/C=C2\SC(=O)N(CCOc3ccccc3)C2=O)c2cc(Br)ccc21. The normalized spacial score (nSPS) is 19.3. The van der Waals surface area contributed by atoms with Crippen LogP contribution in [0.5, 0.6) is 5.75 Å². The van der Waals surface area contributed by atoms with E-state index in [1.54, 1.807) is 6.08 Å². The maximum Gasteiger partial charge on any atom is 0.293 e. The molecule has 1 aromatic heterocycles. The number of hydrogen-bond donors (Lipinski definition) is 0. The van der Waals surface area contributed by atoms with Crippen LogP contribution in [-0.4, -0.2) is 57.2 Å². The van der Waals surface area contributed by atoms with Crippen LogP contribution in [0.2, 0.25) is 0 Å². The van der Waals surface area contributed by atoms with Gasteiger partial charge in [-0.05, 0) is 74.4 Å². The second-order valence-electron chi connectivity index (χ2n) is 9.30. The molecule has 0 radical (unpaired) electrons. The zero-order valence-electron chi connectivity index (χ0n) is 20.6. The highest BCUT2D eigenvalue weighted by Crippen LogP contribution is 2.35. The van der Waals surface area contributed by atoms with Crippen LogP contribution in [0.4, 0.5) is 4.79 Å². The third kappa shape index (κ3) is 5.62. The molecule has 3 amide bonds. The smallest absolute Gasteiger partial charge is 0.293 e. The number of halogens is 1. The Morgan fingerprint density at radius 1 is 1.16 bits per heavy atom. The minimum atomic E-state index is -0.333. The molecule has 2 aliphatic heterocycles. The number of benzene rings is 2. The van der Waals surface area contributed by atoms with Gasteiger partial charge in [-0.25, -0.2) is 0 Å². The van der Waals surface area contributed by atoms with Crippen LogP contribution in [0.3, 0.4) is 0 Å². The maximum absolute atomic E-state index is 13.1. The number of fused-ring (bicyclic) bond motifs is 1. The summed E-state index contributed by atoms with van der Waals surface area (Å²) in [6.45, 7) is 3.52. The lowest BCUT2D eigenvalue weighted by Crippen LogP contribution is -2.43. The first-order valence-corrected chi connectivity index (χ1v) is 14.0. The number of nitrogens with zero attached hydrogens (tertiary/aromatic N) is 3. The van der Waals surface area contributed by atoms with Crippen molar-refractivity contribution in [3.8, 4) is 5.75 Å². The fourth-order valence-electron chi connectivity index (χ4n) is 4.85. The fraction of sp³-hybridized carbons (Fsp3) is 0.321. The number of imide groups is 1. The second-order valence-corrected chi connectivity index (χ2v) is 11.2. The summed E-state index contributed by atoms with van der Waals surface area (Å²) in [6.07, 6.45) is 6.87. The van der Waals surface area contributed by atoms with E-state index in [1.165, 1.54) is 4.90 Å². The Morgan fingerprint density at radius 2 is 1.97 bits per heavy atom. The van der Waals surface area contributed by atoms with Crippen LogP contribution in [0.1, 0.15) is 31.7 Å². The molecule has 3 heterocycles. The van der Waals surface area contributed by atoms with Gasteiger partial charge < -0.3 is 14.2 Å². The molecule has 2 aromatic carbocycles. The van der Waals surface area contributed by atoms with Gasteiger partial charge in [-0.3, -0.25) is 19.3 Å². The van der Waals surface area contributed by atoms with Gasteiger partial charge in [0.2, 0.25) is 5.91 Å². The molecule has 0 bridgehead atoms. The van der Waals surface area contributed by atoms with Gasteiger partial charge in [-0.1, -0.05) is 34.1 Å². The molecule has 3 aromatic rings. The largest absolute Gasteiger partial charge is 0.492 e. The predicted octanol–water partition coefficient (Wildman–Crippen LogP) is 5.92. The molecular formula is C28H28BrN3O4S. The Labute approximate surface area is 228 Å². The van der Waals surface area contributed by atoms with E-state index >= 15 is 0 Å². The van der Waals surface area contributed by atoms with Crippen molar-refractivity contribution in [3.05, 3.63) is 69.7 Å². The number of thioether (sulfide) groups is 1. The Balaban J connectivity index is 1.35. The highest BCUT2D eigenvalue weighted by molar-refractivity contribution is 9.10. The lowest BCUT2D eigenvalue weighted by molar-refractivity contribution is -0.135. The molecule has 7 nitrogen and oxygen atoms in total. The van der Waals surface area contributed by atoms with Gasteiger partial charge in [0.1, 0.15) is 18.9 Å². The molecule has 0 aliphatic carbocycles. The van der Waals surface area contributed by atoms with Crippen molar-refractivity contribution in [2.24, 2.45) is 0 Å². The van der Waals surface area contributed by atoms with Crippen LogP contribution in [-0.2, 0) is 16.1 Å². The monoisotopic (exact) mass is 581 g/mol. The summed E-state index contributed by atoms with van der Waals surface area (Å²) in [4.78, 5) is 42.4. The number of rotatable bonds is 7. The standard InChI is InChI=1S/C28H28BrN3O4S/c1-19-7-5-6-12-31(19)26(33)18-30-17-20(23-16-21(29)10-11-24(23)30)15-25-27(34)32(28(35)37-25)13-14-36-22-8-3-2-4-9-22/h2-4,8-11,15-17,19H,5-7,12-14,18H2,1H3/b25-15-/t19-/m0/s1. The van der Waals surface area contributed by atoms with Crippen LogP contribution >= 0.6 is 27.7 Å². The number of carbonyl (C=O) groups excluding carboxylic acids is 3. The van der Waals surface area contributed by atoms with Crippen molar-refractivity contribution in [2.45, 2.75) is 38.8 Å². The van der Waals surface area contributed by atoms with Crippen molar-refractivity contribution in [3.63, 3.8) is 0 Å². The van der Waals surface area contributed by atoms with E-state index in [-0.39, 0.29) is 42.8 Å². The molecule has 37 heavy (non-hydrogen) atoms. The molecule has 0 spiro atoms. The first-order valence-electron chi connectivity index (χ1n) is 12.4. The van der Waals surface area contributed by atoms with Gasteiger partial charge in [0.25, 0.3) is 11.1 Å². The van der Waals surface area contributed by atoms with E-state index in [4.69, 9.17) is 4.74 Å². The van der Waals surface area contributed by atoms with E-state index in [9.17, 15) is 14.4 Å². The summed E-state index contributed by atoms with van der Waals surface area (Å²) in [5.41, 5.74) is 1.70. The third-order valence-electron chi connectivity index (χ3n) is 6.79. The fourth-order valence-corrected chi connectivity index (χ4v) is 6.07. The van der Waals surface area contributed by atoms with Gasteiger partial charge in [-0.15, -0.1) is 0 Å². The molecule has 2 fully saturated rings. The number of aromatic nitrogens is 1. The summed E-state index contributed by atoms with van der Waals surface area (Å²) in [6, 6.07) is 15.4. The van der Waals surface area contributed by atoms with E-state index in [1.807, 2.05) is 64.2 Å². The van der Waals surface area contributed by atoms with Crippen molar-refractivity contribution in [1.82, 2.24) is 14.4 Å². The molecule has 1 atom stereocenters. The van der Waals surface area contributed by atoms with Crippen LogP contribution in [0.15, 0.2) is 64.1 Å². The second kappa shape index (κ2) is 11.1. The minimum absolute atomic E-state index is 0.0947. The van der Waals surface area contributed by atoms with E-state index < -0.39 is 0 Å². The van der Waals surface area contributed by atoms with Crippen molar-refractivity contribution < 1.29 is 19.1 Å². The molecule has 2 aliphatic rings. The van der Waals surface area contributed by atoms with Crippen LogP contribution in [0, 0.1) is 0 Å². The zero-order valence-corrected chi connectivity index (χ0v) is 23.0. The number of hydrogen-bond acceptors (Lipinski definition) is 5. The average Bonchev–Trinajstić information content (AvgIpc) is 3.35. The van der Waals surface area contributed by atoms with E-state index in [0.717, 1.165) is 58.5 Å². The van der Waals surface area contributed by atoms with Gasteiger partial charge in [0, 0.05) is 39.7 Å². The molecule has 9 heteroatoms. The van der Waals surface area contributed by atoms with Crippen LogP contribution in [0.25, 0.3) is 17.0 Å². The van der Waals surface area contributed by atoms with Gasteiger partial charge in [0.05, 0.1) is 11.4 Å². The van der Waals surface area contributed by atoms with E-state index in [0.29, 0.717) is 10.7 Å². The summed E-state index contributed by atoms with van der Waals surface area (Å²) in [7, 11) is 0. The lowest BCUT2D eigenvalue weighted by atomic mass is 10.0. The number of piperidine rings is 1. The van der Waals surface area contributed by atoms with Crippen molar-refractivity contribution in [2.75, 3.05) is 19.7 Å². The maximum atomic E-state index is 13.1. The predicted molar refractivity (Wildman–Crippen MR) is 149 cm³/mol. The topological polar surface area (TPSA) is 71.8 Å². The summed E-state index contributed by atoms with van der Waals surface area (Å²) < 4.78 is 8.50. The quantitative estimate of drug-likeness (QED) is 0.324. The molecule has 0 saturated carbocycles. The number of amides is 3. The Bertz CT molecular complexity index is 1370. The van der Waals surface area contributed by atoms with Gasteiger partial charge in [0.15, 0.2) is 0 Å². The summed E-state index contributed by atoms with van der Waals surface area (Å²) >= 11 is 4.46. The zero-order chi connectivity index (χ0) is 25.9. The first kappa shape index (κ1) is 25.6. The highest BCUT2D eigenvalue weighted by atomic mass is 79.9. The summed E-state index contributed by atoms with van der Waals surface area (Å²) in [5.74, 6) is 0.454. The van der Waals surface area contributed by atoms with Crippen molar-refractivity contribution >= 4 is 61.7 Å². The van der Waals surface area contributed by atoms with Gasteiger partial charge in [-0.2, -0.15) is 0 Å². The highest BCUT2D eigenvalue weighted by Gasteiger charge is 2.35. The number of likely N-dealkylation sites (tertiary alicyclic amines) is 1.